The molecule has 1 aliphatic heterocycles. The van der Waals surface area contributed by atoms with E-state index in [4.69, 9.17) is 4.74 Å². The molecule has 0 N–H and O–H groups in total. The zero-order chi connectivity index (χ0) is 15.2. The van der Waals surface area contributed by atoms with Gasteiger partial charge in [-0.15, -0.1) is 0 Å². The molecule has 112 valence electrons. The number of likely N-dealkylation sites (tertiary alicyclic amines) is 1. The summed E-state index contributed by atoms with van der Waals surface area (Å²) in [6.07, 6.45) is 0.143. The average Bonchev–Trinajstić information content (AvgIpc) is 2.84. The van der Waals surface area contributed by atoms with E-state index in [1.54, 1.807) is 6.07 Å². The van der Waals surface area contributed by atoms with Crippen molar-refractivity contribution in [3.8, 4) is 0 Å². The summed E-state index contributed by atoms with van der Waals surface area (Å²) >= 11 is 0. The number of methoxy groups -OCH3 is 1. The number of hydrogen-bond acceptors (Lipinski definition) is 3. The molecule has 1 amide bonds. The van der Waals surface area contributed by atoms with Crippen LogP contribution in [0.2, 0.25) is 0 Å². The Balaban J connectivity index is 1.75. The van der Waals surface area contributed by atoms with Crippen LogP contribution in [0.1, 0.15) is 29.8 Å². The van der Waals surface area contributed by atoms with Gasteiger partial charge in [0.1, 0.15) is 0 Å². The fourth-order valence-corrected chi connectivity index (χ4v) is 3.58. The first kappa shape index (κ1) is 14.1. The molecule has 1 saturated carbocycles. The van der Waals surface area contributed by atoms with E-state index in [0.717, 1.165) is 18.7 Å². The Morgan fingerprint density at radius 1 is 1.24 bits per heavy atom. The Labute approximate surface area is 125 Å². The summed E-state index contributed by atoms with van der Waals surface area (Å²) in [5.74, 6) is 0.988. The number of ether oxygens (including phenoxy) is 1. The molecular weight excluding hydrogens is 266 g/mol. The molecule has 4 nitrogen and oxygen atoms in total. The van der Waals surface area contributed by atoms with Gasteiger partial charge in [-0.05, 0) is 28.9 Å². The van der Waals surface area contributed by atoms with Crippen LogP contribution in [-0.4, -0.2) is 37.0 Å². The molecule has 0 aromatic heterocycles. The summed E-state index contributed by atoms with van der Waals surface area (Å²) in [5, 5.41) is 0. The third-order valence-electron chi connectivity index (χ3n) is 5.22. The van der Waals surface area contributed by atoms with E-state index in [1.165, 1.54) is 7.11 Å². The lowest BCUT2D eigenvalue weighted by molar-refractivity contribution is -0.139. The first-order chi connectivity index (χ1) is 9.95. The number of nitrogens with zero attached hydrogens (tertiary/aromatic N) is 1. The zero-order valence-corrected chi connectivity index (χ0v) is 12.8. The summed E-state index contributed by atoms with van der Waals surface area (Å²) in [6.45, 7) is 6.22. The van der Waals surface area contributed by atoms with E-state index in [1.807, 2.05) is 23.1 Å². The quantitative estimate of drug-likeness (QED) is 0.800. The zero-order valence-electron chi connectivity index (χ0n) is 12.8. The molecule has 0 unspecified atom stereocenters. The first-order valence-electron chi connectivity index (χ1n) is 7.39. The minimum Gasteiger partial charge on any atom is -0.469 e. The highest BCUT2D eigenvalue weighted by Gasteiger charge is 2.62. The molecule has 1 heterocycles. The Morgan fingerprint density at radius 2 is 1.86 bits per heavy atom. The molecule has 2 atom stereocenters. The van der Waals surface area contributed by atoms with Crippen LogP contribution in [0.15, 0.2) is 24.3 Å². The Hall–Kier alpha value is -1.84. The van der Waals surface area contributed by atoms with Crippen molar-refractivity contribution >= 4 is 11.9 Å². The minimum atomic E-state index is -0.319. The number of esters is 1. The number of rotatable bonds is 3. The second-order valence-electron chi connectivity index (χ2n) is 6.65. The number of piperidine rings is 1. The number of hydrogen-bond donors (Lipinski definition) is 0. The van der Waals surface area contributed by atoms with E-state index in [0.29, 0.717) is 22.8 Å². The molecule has 0 bridgehead atoms. The second-order valence-corrected chi connectivity index (χ2v) is 6.65. The lowest BCUT2D eigenvalue weighted by Crippen LogP contribution is -2.33. The van der Waals surface area contributed by atoms with Crippen LogP contribution in [-0.2, 0) is 16.0 Å². The van der Waals surface area contributed by atoms with E-state index < -0.39 is 0 Å². The van der Waals surface area contributed by atoms with Crippen molar-refractivity contribution in [2.75, 3.05) is 20.2 Å². The average molecular weight is 287 g/mol. The van der Waals surface area contributed by atoms with Crippen LogP contribution < -0.4 is 0 Å². The number of benzene rings is 1. The van der Waals surface area contributed by atoms with Gasteiger partial charge >= 0.3 is 5.97 Å². The first-order valence-corrected chi connectivity index (χ1v) is 7.39. The van der Waals surface area contributed by atoms with Gasteiger partial charge in [0.25, 0.3) is 5.91 Å². The molecule has 2 fully saturated rings. The highest BCUT2D eigenvalue weighted by Crippen LogP contribution is 2.62. The van der Waals surface area contributed by atoms with E-state index in [9.17, 15) is 9.59 Å². The van der Waals surface area contributed by atoms with E-state index in [2.05, 4.69) is 13.8 Å². The molecule has 0 radical (unpaired) electrons. The van der Waals surface area contributed by atoms with Gasteiger partial charge in [-0.3, -0.25) is 9.59 Å². The number of carbonyl (C=O) groups is 2. The van der Waals surface area contributed by atoms with Gasteiger partial charge in [0.2, 0.25) is 0 Å². The van der Waals surface area contributed by atoms with Crippen LogP contribution in [0.5, 0.6) is 0 Å². The molecule has 3 rings (SSSR count). The van der Waals surface area contributed by atoms with Crippen molar-refractivity contribution in [1.29, 1.82) is 0 Å². The van der Waals surface area contributed by atoms with Gasteiger partial charge in [-0.25, -0.2) is 0 Å². The van der Waals surface area contributed by atoms with Crippen molar-refractivity contribution in [2.45, 2.75) is 20.3 Å². The molecule has 4 heteroatoms. The second kappa shape index (κ2) is 4.86. The molecule has 2 aliphatic rings. The molecule has 1 aromatic carbocycles. The van der Waals surface area contributed by atoms with Crippen LogP contribution >= 0.6 is 0 Å². The van der Waals surface area contributed by atoms with Gasteiger partial charge in [0, 0.05) is 18.7 Å². The molecule has 21 heavy (non-hydrogen) atoms. The smallest absolute Gasteiger partial charge is 0.310 e. The SMILES string of the molecule is COC(=O)Cc1ccccc1C(=O)N1C[C@@H]2[C@@H](C1)C2(C)C. The fourth-order valence-electron chi connectivity index (χ4n) is 3.58. The highest BCUT2D eigenvalue weighted by atomic mass is 16.5. The normalized spacial score (nSPS) is 25.4. The van der Waals surface area contributed by atoms with Crippen molar-refractivity contribution in [1.82, 2.24) is 4.90 Å². The molecule has 1 saturated heterocycles. The largest absolute Gasteiger partial charge is 0.469 e. The van der Waals surface area contributed by atoms with Crippen LogP contribution in [0.25, 0.3) is 0 Å². The topological polar surface area (TPSA) is 46.6 Å². The number of fused-ring (bicyclic) bond motifs is 1. The maximum atomic E-state index is 12.7. The van der Waals surface area contributed by atoms with Gasteiger partial charge in [-0.1, -0.05) is 32.0 Å². The maximum Gasteiger partial charge on any atom is 0.310 e. The van der Waals surface area contributed by atoms with Gasteiger partial charge in [0.05, 0.1) is 13.5 Å². The van der Waals surface area contributed by atoms with Gasteiger partial charge < -0.3 is 9.64 Å². The summed E-state index contributed by atoms with van der Waals surface area (Å²) in [4.78, 5) is 26.1. The van der Waals surface area contributed by atoms with Crippen molar-refractivity contribution < 1.29 is 14.3 Å². The van der Waals surface area contributed by atoms with Crippen molar-refractivity contribution in [3.05, 3.63) is 35.4 Å². The monoisotopic (exact) mass is 287 g/mol. The van der Waals surface area contributed by atoms with Crippen molar-refractivity contribution in [2.24, 2.45) is 17.3 Å². The van der Waals surface area contributed by atoms with Crippen molar-refractivity contribution in [3.63, 3.8) is 0 Å². The Bertz CT molecular complexity index is 579. The van der Waals surface area contributed by atoms with Gasteiger partial charge in [0.15, 0.2) is 0 Å². The summed E-state index contributed by atoms with van der Waals surface area (Å²) < 4.78 is 4.70. The lowest BCUT2D eigenvalue weighted by Gasteiger charge is -2.23. The van der Waals surface area contributed by atoms with Gasteiger partial charge in [-0.2, -0.15) is 0 Å². The third kappa shape index (κ3) is 2.33. The fraction of sp³-hybridized carbons (Fsp3) is 0.529. The summed E-state index contributed by atoms with van der Waals surface area (Å²) in [7, 11) is 1.36. The predicted molar refractivity (Wildman–Crippen MR) is 78.8 cm³/mol. The van der Waals surface area contributed by atoms with E-state index in [-0.39, 0.29) is 18.3 Å². The number of carbonyl (C=O) groups excluding carboxylic acids is 2. The maximum absolute atomic E-state index is 12.7. The van der Waals surface area contributed by atoms with Crippen LogP contribution in [0.3, 0.4) is 0 Å². The molecule has 0 spiro atoms. The molecule has 1 aromatic rings. The standard InChI is InChI=1S/C17H21NO3/c1-17(2)13-9-18(10-14(13)17)16(20)12-7-5-4-6-11(12)8-15(19)21-3/h4-7,13-14H,8-10H2,1-3H3/t13-,14-/m1/s1. The van der Waals surface area contributed by atoms with Crippen LogP contribution in [0, 0.1) is 17.3 Å². The molecule has 1 aliphatic carbocycles. The summed E-state index contributed by atoms with van der Waals surface area (Å²) in [6, 6.07) is 7.31. The number of amides is 1. The Morgan fingerprint density at radius 3 is 2.48 bits per heavy atom. The van der Waals surface area contributed by atoms with Crippen LogP contribution in [0.4, 0.5) is 0 Å². The molecular formula is C17H21NO3. The summed E-state index contributed by atoms with van der Waals surface area (Å²) in [5.41, 5.74) is 1.76. The van der Waals surface area contributed by atoms with E-state index >= 15 is 0 Å². The lowest BCUT2D eigenvalue weighted by atomic mass is 10.0. The Kier molecular flexibility index (Phi) is 3.27. The third-order valence-corrected chi connectivity index (χ3v) is 5.22. The predicted octanol–water partition coefficient (Wildman–Crippen LogP) is 2.13. The minimum absolute atomic E-state index is 0.0394. The highest BCUT2D eigenvalue weighted by molar-refractivity contribution is 5.97.